The highest BCUT2D eigenvalue weighted by molar-refractivity contribution is 6.30. The van der Waals surface area contributed by atoms with Crippen molar-refractivity contribution >= 4 is 17.6 Å². The standard InChI is InChI=1S/C10H11ClN2O/c1-6-4-7(11)2-3-8(6)9-5-14-10(12)13-9/h2-4,9H,5H2,1H3,(H2,12,13)/t9-/m1/s1. The van der Waals surface area contributed by atoms with Crippen molar-refractivity contribution in [2.45, 2.75) is 13.0 Å². The molecule has 0 aliphatic carbocycles. The summed E-state index contributed by atoms with van der Waals surface area (Å²) in [5.74, 6) is 0. The number of hydrogen-bond donors (Lipinski definition) is 1. The zero-order valence-corrected chi connectivity index (χ0v) is 8.58. The SMILES string of the molecule is Cc1cc(Cl)ccc1[C@H]1COC(N)=N1. The van der Waals surface area contributed by atoms with Crippen molar-refractivity contribution in [2.75, 3.05) is 6.61 Å². The molecule has 0 saturated carbocycles. The maximum atomic E-state index is 5.86. The number of aliphatic imine (C=N–C) groups is 1. The first-order chi connectivity index (χ1) is 6.66. The van der Waals surface area contributed by atoms with Crippen LogP contribution in [0.4, 0.5) is 0 Å². The summed E-state index contributed by atoms with van der Waals surface area (Å²) >= 11 is 5.86. The van der Waals surface area contributed by atoms with Crippen LogP contribution in [-0.4, -0.2) is 12.6 Å². The Labute approximate surface area is 87.5 Å². The second kappa shape index (κ2) is 3.50. The van der Waals surface area contributed by atoms with Gasteiger partial charge in [0.2, 0.25) is 0 Å². The van der Waals surface area contributed by atoms with Crippen LogP contribution < -0.4 is 5.73 Å². The van der Waals surface area contributed by atoms with Crippen LogP contribution in [0.3, 0.4) is 0 Å². The molecule has 0 aromatic heterocycles. The number of benzene rings is 1. The smallest absolute Gasteiger partial charge is 0.282 e. The molecule has 0 fully saturated rings. The lowest BCUT2D eigenvalue weighted by Crippen LogP contribution is -2.10. The molecule has 0 amide bonds. The lowest BCUT2D eigenvalue weighted by Gasteiger charge is -2.08. The van der Waals surface area contributed by atoms with Crippen LogP contribution in [0.1, 0.15) is 17.2 Å². The minimum Gasteiger partial charge on any atom is -0.463 e. The van der Waals surface area contributed by atoms with Gasteiger partial charge in [-0.15, -0.1) is 0 Å². The van der Waals surface area contributed by atoms with Crippen molar-refractivity contribution in [1.29, 1.82) is 0 Å². The van der Waals surface area contributed by atoms with Gasteiger partial charge in [-0.25, -0.2) is 4.99 Å². The molecule has 0 saturated heterocycles. The molecule has 2 N–H and O–H groups in total. The molecule has 1 aromatic carbocycles. The van der Waals surface area contributed by atoms with Gasteiger partial charge in [0.05, 0.1) is 0 Å². The molecule has 0 radical (unpaired) electrons. The fraction of sp³-hybridized carbons (Fsp3) is 0.300. The maximum Gasteiger partial charge on any atom is 0.282 e. The Bertz CT molecular complexity index is 390. The Morgan fingerprint density at radius 3 is 2.93 bits per heavy atom. The highest BCUT2D eigenvalue weighted by atomic mass is 35.5. The Kier molecular flexibility index (Phi) is 2.33. The van der Waals surface area contributed by atoms with Crippen LogP contribution in [0.2, 0.25) is 5.02 Å². The third-order valence-corrected chi connectivity index (χ3v) is 2.50. The fourth-order valence-electron chi connectivity index (χ4n) is 1.56. The highest BCUT2D eigenvalue weighted by Crippen LogP contribution is 2.26. The van der Waals surface area contributed by atoms with Gasteiger partial charge in [0.1, 0.15) is 12.6 Å². The number of amidine groups is 1. The van der Waals surface area contributed by atoms with Crippen molar-refractivity contribution in [3.05, 3.63) is 34.3 Å². The summed E-state index contributed by atoms with van der Waals surface area (Å²) in [6.45, 7) is 2.53. The molecule has 0 unspecified atom stereocenters. The van der Waals surface area contributed by atoms with E-state index in [4.69, 9.17) is 22.1 Å². The van der Waals surface area contributed by atoms with Gasteiger partial charge in [0.15, 0.2) is 0 Å². The van der Waals surface area contributed by atoms with Gasteiger partial charge in [0, 0.05) is 5.02 Å². The molecule has 1 aliphatic rings. The van der Waals surface area contributed by atoms with Crippen molar-refractivity contribution in [1.82, 2.24) is 0 Å². The van der Waals surface area contributed by atoms with Crippen LogP contribution in [0, 0.1) is 6.92 Å². The van der Waals surface area contributed by atoms with Gasteiger partial charge < -0.3 is 10.5 Å². The maximum absolute atomic E-state index is 5.86. The van der Waals surface area contributed by atoms with Gasteiger partial charge in [0.25, 0.3) is 6.02 Å². The minimum atomic E-state index is 0.0206. The first kappa shape index (κ1) is 9.34. The monoisotopic (exact) mass is 210 g/mol. The largest absolute Gasteiger partial charge is 0.463 e. The molecule has 1 aromatic rings. The summed E-state index contributed by atoms with van der Waals surface area (Å²) < 4.78 is 5.10. The summed E-state index contributed by atoms with van der Waals surface area (Å²) in [5, 5.41) is 0.738. The third kappa shape index (κ3) is 1.68. The van der Waals surface area contributed by atoms with E-state index in [0.717, 1.165) is 16.1 Å². The lowest BCUT2D eigenvalue weighted by atomic mass is 10.0. The second-order valence-electron chi connectivity index (χ2n) is 3.30. The predicted molar refractivity (Wildman–Crippen MR) is 56.5 cm³/mol. The zero-order chi connectivity index (χ0) is 10.1. The topological polar surface area (TPSA) is 47.6 Å². The first-order valence-electron chi connectivity index (χ1n) is 4.39. The number of halogens is 1. The van der Waals surface area contributed by atoms with E-state index in [0.29, 0.717) is 6.61 Å². The molecule has 3 nitrogen and oxygen atoms in total. The quantitative estimate of drug-likeness (QED) is 0.771. The van der Waals surface area contributed by atoms with Crippen LogP contribution in [0.15, 0.2) is 23.2 Å². The van der Waals surface area contributed by atoms with E-state index in [9.17, 15) is 0 Å². The molecule has 1 atom stereocenters. The summed E-state index contributed by atoms with van der Waals surface area (Å²) in [5.41, 5.74) is 7.68. The van der Waals surface area contributed by atoms with Crippen molar-refractivity contribution in [2.24, 2.45) is 10.7 Å². The highest BCUT2D eigenvalue weighted by Gasteiger charge is 2.20. The molecular weight excluding hydrogens is 200 g/mol. The molecule has 1 heterocycles. The average molecular weight is 211 g/mol. The molecule has 1 aliphatic heterocycles. The van der Waals surface area contributed by atoms with Crippen molar-refractivity contribution in [3.8, 4) is 0 Å². The number of nitrogens with two attached hydrogens (primary N) is 1. The zero-order valence-electron chi connectivity index (χ0n) is 7.83. The van der Waals surface area contributed by atoms with Gasteiger partial charge in [-0.05, 0) is 30.2 Å². The predicted octanol–water partition coefficient (Wildman–Crippen LogP) is 2.03. The molecule has 14 heavy (non-hydrogen) atoms. The number of nitrogens with zero attached hydrogens (tertiary/aromatic N) is 1. The molecular formula is C10H11ClN2O. The molecule has 74 valence electrons. The number of hydrogen-bond acceptors (Lipinski definition) is 3. The number of aryl methyl sites for hydroxylation is 1. The van der Waals surface area contributed by atoms with Crippen molar-refractivity contribution < 1.29 is 4.74 Å². The number of ether oxygens (including phenoxy) is 1. The number of rotatable bonds is 1. The van der Waals surface area contributed by atoms with Crippen LogP contribution in [0.25, 0.3) is 0 Å². The van der Waals surface area contributed by atoms with E-state index in [1.807, 2.05) is 25.1 Å². The summed E-state index contributed by atoms with van der Waals surface area (Å²) in [7, 11) is 0. The van der Waals surface area contributed by atoms with E-state index in [1.54, 1.807) is 0 Å². The minimum absolute atomic E-state index is 0.0206. The van der Waals surface area contributed by atoms with Gasteiger partial charge in [-0.2, -0.15) is 0 Å². The lowest BCUT2D eigenvalue weighted by molar-refractivity contribution is 0.315. The van der Waals surface area contributed by atoms with Gasteiger partial charge in [-0.1, -0.05) is 17.7 Å². The van der Waals surface area contributed by atoms with Crippen LogP contribution in [0.5, 0.6) is 0 Å². The van der Waals surface area contributed by atoms with Crippen LogP contribution >= 0.6 is 11.6 Å². The van der Waals surface area contributed by atoms with Crippen LogP contribution in [-0.2, 0) is 4.74 Å². The Morgan fingerprint density at radius 1 is 1.57 bits per heavy atom. The molecule has 0 spiro atoms. The van der Waals surface area contributed by atoms with Gasteiger partial charge in [-0.3, -0.25) is 0 Å². The van der Waals surface area contributed by atoms with E-state index >= 15 is 0 Å². The van der Waals surface area contributed by atoms with E-state index in [1.165, 1.54) is 0 Å². The van der Waals surface area contributed by atoms with E-state index in [2.05, 4.69) is 4.99 Å². The third-order valence-electron chi connectivity index (χ3n) is 2.26. The summed E-state index contributed by atoms with van der Waals surface area (Å²) in [6.07, 6.45) is 0. The summed E-state index contributed by atoms with van der Waals surface area (Å²) in [4.78, 5) is 4.18. The fourth-order valence-corrected chi connectivity index (χ4v) is 1.79. The Morgan fingerprint density at radius 2 is 2.36 bits per heavy atom. The second-order valence-corrected chi connectivity index (χ2v) is 3.73. The normalized spacial score (nSPS) is 20.4. The Balaban J connectivity index is 2.33. The van der Waals surface area contributed by atoms with E-state index in [-0.39, 0.29) is 12.1 Å². The van der Waals surface area contributed by atoms with E-state index < -0.39 is 0 Å². The molecule has 4 heteroatoms. The van der Waals surface area contributed by atoms with Gasteiger partial charge >= 0.3 is 0 Å². The average Bonchev–Trinajstić information content (AvgIpc) is 2.51. The van der Waals surface area contributed by atoms with Crippen molar-refractivity contribution in [3.63, 3.8) is 0 Å². The molecule has 0 bridgehead atoms. The Hall–Kier alpha value is -1.22. The summed E-state index contributed by atoms with van der Waals surface area (Å²) in [6, 6.07) is 6.03. The molecule has 2 rings (SSSR count). The first-order valence-corrected chi connectivity index (χ1v) is 4.77.